The lowest BCUT2D eigenvalue weighted by Gasteiger charge is -2.18. The normalized spacial score (nSPS) is 13.4. The van der Waals surface area contributed by atoms with Crippen molar-refractivity contribution in [2.45, 2.75) is 32.4 Å². The third-order valence-electron chi connectivity index (χ3n) is 4.72. The maximum Gasteiger partial charge on any atom is 0.397 e. The lowest BCUT2D eigenvalue weighted by atomic mass is 9.97. The third kappa shape index (κ3) is 3.25. The Balaban J connectivity index is 1.76. The van der Waals surface area contributed by atoms with Gasteiger partial charge in [-0.15, -0.1) is 0 Å². The van der Waals surface area contributed by atoms with Crippen molar-refractivity contribution in [2.75, 3.05) is 0 Å². The summed E-state index contributed by atoms with van der Waals surface area (Å²) in [5.41, 5.74) is 4.07. The summed E-state index contributed by atoms with van der Waals surface area (Å²) in [6.07, 6.45) is -2.05. The molecule has 0 aliphatic carbocycles. The van der Waals surface area contributed by atoms with E-state index in [4.69, 9.17) is 0 Å². The van der Waals surface area contributed by atoms with E-state index < -0.39 is 12.1 Å². The van der Waals surface area contributed by atoms with Crippen LogP contribution in [-0.4, -0.2) is 26.3 Å². The number of nitrogens with one attached hydrogen (secondary N) is 1. The average molecular weight is 370 g/mol. The van der Waals surface area contributed by atoms with Gasteiger partial charge in [-0.05, 0) is 43.0 Å². The number of nitrogens with zero attached hydrogens (tertiary/aromatic N) is 3. The molecule has 0 spiro atoms. The minimum absolute atomic E-state index is 0.0673. The maximum atomic E-state index is 13.2. The standard InChI is InChI=1S/C20H17F3N4/c1-11-8-14-9-13(10-17-19-16(26-27-17)4-3-7-24-19)5-6-15(14)18(25-11)12(2)20(21,22)23/h3-9,12H,10H2,1-2H3,(H,26,27). The van der Waals surface area contributed by atoms with Crippen LogP contribution in [0.25, 0.3) is 21.8 Å². The van der Waals surface area contributed by atoms with E-state index in [0.717, 1.165) is 34.6 Å². The highest BCUT2D eigenvalue weighted by Crippen LogP contribution is 2.37. The predicted molar refractivity (Wildman–Crippen MR) is 97.6 cm³/mol. The molecule has 0 amide bonds. The van der Waals surface area contributed by atoms with Crippen LogP contribution in [-0.2, 0) is 6.42 Å². The van der Waals surface area contributed by atoms with Crippen molar-refractivity contribution in [3.63, 3.8) is 0 Å². The Bertz CT molecular complexity index is 1130. The minimum Gasteiger partial charge on any atom is -0.279 e. The number of halogens is 3. The molecule has 7 heteroatoms. The van der Waals surface area contributed by atoms with Gasteiger partial charge >= 0.3 is 6.18 Å². The summed E-state index contributed by atoms with van der Waals surface area (Å²) in [6.45, 7) is 2.86. The van der Waals surface area contributed by atoms with Crippen LogP contribution in [0.4, 0.5) is 13.2 Å². The van der Waals surface area contributed by atoms with Gasteiger partial charge in [0.2, 0.25) is 0 Å². The van der Waals surface area contributed by atoms with Gasteiger partial charge in [0, 0.05) is 23.7 Å². The number of aryl methyl sites for hydroxylation is 1. The van der Waals surface area contributed by atoms with Gasteiger partial charge in [0.05, 0.1) is 17.3 Å². The molecule has 0 fully saturated rings. The van der Waals surface area contributed by atoms with Crippen molar-refractivity contribution in [2.24, 2.45) is 0 Å². The Morgan fingerprint density at radius 2 is 1.96 bits per heavy atom. The fourth-order valence-electron chi connectivity index (χ4n) is 3.30. The van der Waals surface area contributed by atoms with Crippen LogP contribution < -0.4 is 0 Å². The first kappa shape index (κ1) is 17.5. The summed E-state index contributed by atoms with van der Waals surface area (Å²) in [4.78, 5) is 8.52. The molecular formula is C20H17F3N4. The number of benzene rings is 1. The van der Waals surface area contributed by atoms with Gasteiger partial charge < -0.3 is 0 Å². The van der Waals surface area contributed by atoms with Gasteiger partial charge in [-0.25, -0.2) is 0 Å². The molecule has 0 aliphatic heterocycles. The van der Waals surface area contributed by atoms with Crippen molar-refractivity contribution >= 4 is 21.8 Å². The zero-order chi connectivity index (χ0) is 19.2. The highest BCUT2D eigenvalue weighted by Gasteiger charge is 2.39. The second-order valence-corrected chi connectivity index (χ2v) is 6.72. The summed E-state index contributed by atoms with van der Waals surface area (Å²) in [5, 5.41) is 8.51. The van der Waals surface area contributed by atoms with E-state index in [0.29, 0.717) is 17.5 Å². The molecule has 0 aliphatic rings. The highest BCUT2D eigenvalue weighted by molar-refractivity contribution is 5.86. The van der Waals surface area contributed by atoms with Crippen LogP contribution in [0.15, 0.2) is 42.6 Å². The van der Waals surface area contributed by atoms with Crippen molar-refractivity contribution in [3.8, 4) is 0 Å². The molecular weight excluding hydrogens is 353 g/mol. The van der Waals surface area contributed by atoms with Crippen LogP contribution in [0.1, 0.15) is 35.5 Å². The van der Waals surface area contributed by atoms with Crippen molar-refractivity contribution < 1.29 is 13.2 Å². The average Bonchev–Trinajstić information content (AvgIpc) is 3.02. The molecule has 4 aromatic rings. The van der Waals surface area contributed by atoms with Gasteiger partial charge in [-0.1, -0.05) is 18.2 Å². The van der Waals surface area contributed by atoms with E-state index in [1.807, 2.05) is 30.3 Å². The predicted octanol–water partition coefficient (Wildman–Crippen LogP) is 5.07. The number of rotatable bonds is 3. The number of aromatic nitrogens is 4. The van der Waals surface area contributed by atoms with Crippen LogP contribution in [0.5, 0.6) is 0 Å². The van der Waals surface area contributed by atoms with Gasteiger partial charge in [0.1, 0.15) is 11.0 Å². The first-order chi connectivity index (χ1) is 12.8. The van der Waals surface area contributed by atoms with Crippen molar-refractivity contribution in [1.29, 1.82) is 0 Å². The van der Waals surface area contributed by atoms with Crippen LogP contribution >= 0.6 is 0 Å². The Hall–Kier alpha value is -2.96. The molecule has 0 saturated carbocycles. The zero-order valence-corrected chi connectivity index (χ0v) is 14.8. The van der Waals surface area contributed by atoms with Gasteiger partial charge in [-0.2, -0.15) is 18.3 Å². The minimum atomic E-state index is -4.33. The molecule has 0 bridgehead atoms. The van der Waals surface area contributed by atoms with E-state index in [1.165, 1.54) is 0 Å². The molecule has 4 nitrogen and oxygen atoms in total. The van der Waals surface area contributed by atoms with Crippen molar-refractivity contribution in [3.05, 3.63) is 65.2 Å². The molecule has 1 unspecified atom stereocenters. The third-order valence-corrected chi connectivity index (χ3v) is 4.72. The molecule has 138 valence electrons. The molecule has 4 rings (SSSR count). The maximum absolute atomic E-state index is 13.2. The lowest BCUT2D eigenvalue weighted by molar-refractivity contribution is -0.146. The molecule has 3 heterocycles. The highest BCUT2D eigenvalue weighted by atomic mass is 19.4. The first-order valence-corrected chi connectivity index (χ1v) is 8.58. The van der Waals surface area contributed by atoms with E-state index in [1.54, 1.807) is 19.2 Å². The Morgan fingerprint density at radius 1 is 1.15 bits per heavy atom. The second kappa shape index (κ2) is 6.33. The molecule has 3 aromatic heterocycles. The molecule has 1 N–H and O–H groups in total. The largest absolute Gasteiger partial charge is 0.397 e. The van der Waals surface area contributed by atoms with E-state index in [-0.39, 0.29) is 5.69 Å². The van der Waals surface area contributed by atoms with Crippen LogP contribution in [0, 0.1) is 6.92 Å². The fourth-order valence-corrected chi connectivity index (χ4v) is 3.30. The molecule has 27 heavy (non-hydrogen) atoms. The smallest absolute Gasteiger partial charge is 0.279 e. The number of aromatic amines is 1. The van der Waals surface area contributed by atoms with Gasteiger partial charge in [0.15, 0.2) is 0 Å². The number of hydrogen-bond donors (Lipinski definition) is 1. The fraction of sp³-hybridized carbons (Fsp3) is 0.250. The summed E-state index contributed by atoms with van der Waals surface area (Å²) in [6, 6.07) is 11.0. The van der Waals surface area contributed by atoms with Crippen LogP contribution in [0.2, 0.25) is 0 Å². The Kier molecular flexibility index (Phi) is 4.09. The van der Waals surface area contributed by atoms with Crippen LogP contribution in [0.3, 0.4) is 0 Å². The number of H-pyrrole nitrogens is 1. The number of fused-ring (bicyclic) bond motifs is 2. The number of hydrogen-bond acceptors (Lipinski definition) is 3. The van der Waals surface area contributed by atoms with Gasteiger partial charge in [-0.3, -0.25) is 15.1 Å². The van der Waals surface area contributed by atoms with E-state index >= 15 is 0 Å². The zero-order valence-electron chi connectivity index (χ0n) is 14.8. The molecule has 0 radical (unpaired) electrons. The summed E-state index contributed by atoms with van der Waals surface area (Å²) < 4.78 is 39.6. The molecule has 1 aromatic carbocycles. The van der Waals surface area contributed by atoms with Gasteiger partial charge in [0.25, 0.3) is 0 Å². The summed E-state index contributed by atoms with van der Waals surface area (Å²) in [7, 11) is 0. The molecule has 1 atom stereocenters. The van der Waals surface area contributed by atoms with E-state index in [2.05, 4.69) is 20.2 Å². The quantitative estimate of drug-likeness (QED) is 0.548. The van der Waals surface area contributed by atoms with Crippen molar-refractivity contribution in [1.82, 2.24) is 20.2 Å². The Labute approximate surface area is 153 Å². The summed E-state index contributed by atoms with van der Waals surface area (Å²) >= 11 is 0. The topological polar surface area (TPSA) is 54.5 Å². The molecule has 0 saturated heterocycles. The summed E-state index contributed by atoms with van der Waals surface area (Å²) in [5.74, 6) is -1.62. The van der Waals surface area contributed by atoms with E-state index in [9.17, 15) is 13.2 Å². The Morgan fingerprint density at radius 3 is 2.74 bits per heavy atom. The first-order valence-electron chi connectivity index (χ1n) is 8.58. The lowest BCUT2D eigenvalue weighted by Crippen LogP contribution is -2.19. The number of alkyl halides is 3. The SMILES string of the molecule is Cc1cc2cc(Cc3[nH]nc4cccnc34)ccc2c(C(C)C(F)(F)F)n1. The second-order valence-electron chi connectivity index (χ2n) is 6.72. The monoisotopic (exact) mass is 370 g/mol. The number of pyridine rings is 2.